The van der Waals surface area contributed by atoms with Gasteiger partial charge in [0.1, 0.15) is 0 Å². The van der Waals surface area contributed by atoms with Gasteiger partial charge in [-0.05, 0) is 43.3 Å². The third-order valence-corrected chi connectivity index (χ3v) is 4.15. The first-order valence-electron chi connectivity index (χ1n) is 8.24. The predicted octanol–water partition coefficient (Wildman–Crippen LogP) is 4.18. The van der Waals surface area contributed by atoms with Crippen molar-refractivity contribution in [3.8, 4) is 17.2 Å². The molecule has 2 heterocycles. The molecule has 0 saturated heterocycles. The van der Waals surface area contributed by atoms with E-state index in [2.05, 4.69) is 10.3 Å². The van der Waals surface area contributed by atoms with Crippen molar-refractivity contribution in [2.45, 2.75) is 13.1 Å². The van der Waals surface area contributed by atoms with E-state index in [-0.39, 0.29) is 23.7 Å². The van der Waals surface area contributed by atoms with Crippen LogP contribution < -0.4 is 14.8 Å². The van der Waals surface area contributed by atoms with Crippen LogP contribution in [0.5, 0.6) is 11.5 Å². The Morgan fingerprint density at radius 2 is 1.93 bits per heavy atom. The van der Waals surface area contributed by atoms with E-state index >= 15 is 0 Å². The number of halogens is 3. The van der Waals surface area contributed by atoms with E-state index in [1.807, 2.05) is 0 Å². The van der Waals surface area contributed by atoms with Gasteiger partial charge in [0.15, 0.2) is 11.5 Å². The number of hydrogen-bond acceptors (Lipinski definition) is 4. The highest BCUT2D eigenvalue weighted by molar-refractivity contribution is 6.04. The summed E-state index contributed by atoms with van der Waals surface area (Å²) >= 11 is 0. The summed E-state index contributed by atoms with van der Waals surface area (Å²) in [4.78, 5) is 16.5. The van der Waals surface area contributed by atoms with Crippen LogP contribution in [-0.4, -0.2) is 22.3 Å². The number of hydrogen-bond donors (Lipinski definition) is 1. The Balaban J connectivity index is 1.67. The summed E-state index contributed by atoms with van der Waals surface area (Å²) in [7, 11) is 0. The first-order valence-corrected chi connectivity index (χ1v) is 8.24. The van der Waals surface area contributed by atoms with E-state index in [0.717, 1.165) is 12.1 Å². The van der Waals surface area contributed by atoms with Crippen molar-refractivity contribution in [3.05, 3.63) is 65.7 Å². The van der Waals surface area contributed by atoms with E-state index in [4.69, 9.17) is 9.47 Å². The lowest BCUT2D eigenvalue weighted by atomic mass is 10.1. The number of rotatable bonds is 3. The standard InChI is InChI=1S/C19H14F3N3O3/c1-11-8-25(9-23-11)15-6-13(19(20,21)22)5-14(7-15)24-18(26)12-2-3-16-17(4-12)28-10-27-16/h2-9H,10H2,1H3,(H,24,26). The number of anilines is 1. The topological polar surface area (TPSA) is 65.4 Å². The van der Waals surface area contributed by atoms with E-state index in [1.165, 1.54) is 29.1 Å². The Hall–Kier alpha value is -3.49. The quantitative estimate of drug-likeness (QED) is 0.730. The lowest BCUT2D eigenvalue weighted by Crippen LogP contribution is -2.14. The summed E-state index contributed by atoms with van der Waals surface area (Å²) in [5, 5.41) is 2.51. The normalized spacial score (nSPS) is 12.9. The number of aryl methyl sites for hydroxylation is 1. The van der Waals surface area contributed by atoms with Gasteiger partial charge in [-0.1, -0.05) is 0 Å². The fourth-order valence-electron chi connectivity index (χ4n) is 2.80. The average molecular weight is 389 g/mol. The number of alkyl halides is 3. The second kappa shape index (κ2) is 6.59. The van der Waals surface area contributed by atoms with Crippen LogP contribution in [0.1, 0.15) is 21.6 Å². The van der Waals surface area contributed by atoms with Crippen molar-refractivity contribution in [2.24, 2.45) is 0 Å². The minimum atomic E-state index is -4.57. The van der Waals surface area contributed by atoms with Crippen molar-refractivity contribution in [1.82, 2.24) is 9.55 Å². The molecule has 4 rings (SSSR count). The smallest absolute Gasteiger partial charge is 0.416 e. The molecule has 0 radical (unpaired) electrons. The number of nitrogens with zero attached hydrogens (tertiary/aromatic N) is 2. The molecule has 0 fully saturated rings. The summed E-state index contributed by atoms with van der Waals surface area (Å²) in [6.45, 7) is 1.79. The molecule has 6 nitrogen and oxygen atoms in total. The maximum atomic E-state index is 13.3. The third-order valence-electron chi connectivity index (χ3n) is 4.15. The molecule has 0 bridgehead atoms. The Morgan fingerprint density at radius 3 is 2.64 bits per heavy atom. The molecule has 1 N–H and O–H groups in total. The van der Waals surface area contributed by atoms with E-state index in [0.29, 0.717) is 17.2 Å². The highest BCUT2D eigenvalue weighted by Crippen LogP contribution is 2.34. The zero-order chi connectivity index (χ0) is 19.9. The van der Waals surface area contributed by atoms with Crippen LogP contribution in [0.3, 0.4) is 0 Å². The van der Waals surface area contributed by atoms with Gasteiger partial charge in [0.25, 0.3) is 5.91 Å². The molecule has 0 aliphatic carbocycles. The second-order valence-electron chi connectivity index (χ2n) is 6.21. The molecule has 1 aliphatic heterocycles. The number of imidazole rings is 1. The first kappa shape index (κ1) is 17.9. The molecule has 0 unspecified atom stereocenters. The molecule has 28 heavy (non-hydrogen) atoms. The monoisotopic (exact) mass is 389 g/mol. The second-order valence-corrected chi connectivity index (χ2v) is 6.21. The molecule has 0 saturated carbocycles. The van der Waals surface area contributed by atoms with Crippen molar-refractivity contribution in [3.63, 3.8) is 0 Å². The first-order chi connectivity index (χ1) is 13.3. The van der Waals surface area contributed by atoms with Crippen molar-refractivity contribution >= 4 is 11.6 Å². The Bertz CT molecular complexity index is 1060. The van der Waals surface area contributed by atoms with E-state index < -0.39 is 17.6 Å². The summed E-state index contributed by atoms with van der Waals surface area (Å²) in [6, 6.07) is 7.89. The fraction of sp³-hybridized carbons (Fsp3) is 0.158. The van der Waals surface area contributed by atoms with Gasteiger partial charge in [-0.3, -0.25) is 4.79 Å². The van der Waals surface area contributed by atoms with Crippen LogP contribution in [0.2, 0.25) is 0 Å². The van der Waals surface area contributed by atoms with Gasteiger partial charge in [-0.2, -0.15) is 13.2 Å². The minimum absolute atomic E-state index is 0.0128. The molecule has 2 aromatic carbocycles. The molecular weight excluding hydrogens is 375 g/mol. The lowest BCUT2D eigenvalue weighted by Gasteiger charge is -2.14. The maximum Gasteiger partial charge on any atom is 0.416 e. The SMILES string of the molecule is Cc1cn(-c2cc(NC(=O)c3ccc4c(c3)OCO4)cc(C(F)(F)F)c2)cn1. The van der Waals surface area contributed by atoms with Crippen LogP contribution in [-0.2, 0) is 6.18 Å². The largest absolute Gasteiger partial charge is 0.454 e. The van der Waals surface area contributed by atoms with Gasteiger partial charge in [0.2, 0.25) is 6.79 Å². The van der Waals surface area contributed by atoms with Gasteiger partial charge < -0.3 is 19.4 Å². The van der Waals surface area contributed by atoms with Gasteiger partial charge >= 0.3 is 6.18 Å². The summed E-state index contributed by atoms with van der Waals surface area (Å²) in [5.74, 6) is 0.352. The maximum absolute atomic E-state index is 13.3. The van der Waals surface area contributed by atoms with Crippen molar-refractivity contribution in [1.29, 1.82) is 0 Å². The van der Waals surface area contributed by atoms with Gasteiger partial charge in [0, 0.05) is 23.1 Å². The number of carbonyl (C=O) groups is 1. The molecule has 144 valence electrons. The van der Waals surface area contributed by atoms with Crippen LogP contribution in [0.4, 0.5) is 18.9 Å². The molecular formula is C19H14F3N3O3. The minimum Gasteiger partial charge on any atom is -0.454 e. The van der Waals surface area contributed by atoms with Crippen LogP contribution in [0, 0.1) is 6.92 Å². The molecule has 0 atom stereocenters. The fourth-order valence-corrected chi connectivity index (χ4v) is 2.80. The Kier molecular flexibility index (Phi) is 4.21. The predicted molar refractivity (Wildman–Crippen MR) is 93.8 cm³/mol. The summed E-state index contributed by atoms with van der Waals surface area (Å²) < 4.78 is 51.8. The van der Waals surface area contributed by atoms with E-state index in [1.54, 1.807) is 19.2 Å². The summed E-state index contributed by atoms with van der Waals surface area (Å²) in [5.41, 5.74) is 0.262. The number of ether oxygens (including phenoxy) is 2. The number of benzene rings is 2. The van der Waals surface area contributed by atoms with Crippen LogP contribution in [0.15, 0.2) is 48.9 Å². The highest BCUT2D eigenvalue weighted by atomic mass is 19.4. The third kappa shape index (κ3) is 3.51. The van der Waals surface area contributed by atoms with Gasteiger partial charge in [0.05, 0.1) is 17.6 Å². The van der Waals surface area contributed by atoms with Crippen LogP contribution >= 0.6 is 0 Å². The highest BCUT2D eigenvalue weighted by Gasteiger charge is 2.31. The number of amides is 1. The summed E-state index contributed by atoms with van der Waals surface area (Å²) in [6.07, 6.45) is -1.56. The number of fused-ring (bicyclic) bond motifs is 1. The van der Waals surface area contributed by atoms with E-state index in [9.17, 15) is 18.0 Å². The Labute approximate surface area is 157 Å². The van der Waals surface area contributed by atoms with Gasteiger partial charge in [-0.15, -0.1) is 0 Å². The van der Waals surface area contributed by atoms with Crippen molar-refractivity contribution in [2.75, 3.05) is 12.1 Å². The van der Waals surface area contributed by atoms with Gasteiger partial charge in [-0.25, -0.2) is 4.98 Å². The molecule has 3 aromatic rings. The van der Waals surface area contributed by atoms with Crippen molar-refractivity contribution < 1.29 is 27.4 Å². The number of aromatic nitrogens is 2. The molecule has 1 amide bonds. The molecule has 9 heteroatoms. The lowest BCUT2D eigenvalue weighted by molar-refractivity contribution is -0.137. The van der Waals surface area contributed by atoms with Crippen LogP contribution in [0.25, 0.3) is 5.69 Å². The molecule has 1 aliphatic rings. The average Bonchev–Trinajstić information content (AvgIpc) is 3.28. The molecule has 0 spiro atoms. The zero-order valence-corrected chi connectivity index (χ0v) is 14.6. The number of carbonyl (C=O) groups excluding carboxylic acids is 1. The molecule has 1 aromatic heterocycles. The number of nitrogens with one attached hydrogen (secondary N) is 1. The Morgan fingerprint density at radius 1 is 1.14 bits per heavy atom. The zero-order valence-electron chi connectivity index (χ0n) is 14.6.